The molecular weight excluding hydrogens is 308 g/mol. The van der Waals surface area contributed by atoms with Crippen LogP contribution in [-0.2, 0) is 6.54 Å². The van der Waals surface area contributed by atoms with E-state index < -0.39 is 0 Å². The second kappa shape index (κ2) is 7.19. The van der Waals surface area contributed by atoms with E-state index in [1.807, 2.05) is 24.4 Å². The summed E-state index contributed by atoms with van der Waals surface area (Å²) in [5, 5.41) is 7.40. The van der Waals surface area contributed by atoms with Gasteiger partial charge in [-0.25, -0.2) is 0 Å². The van der Waals surface area contributed by atoms with Gasteiger partial charge in [0.1, 0.15) is 4.88 Å². The molecule has 0 radical (unpaired) electrons. The van der Waals surface area contributed by atoms with Crippen molar-refractivity contribution >= 4 is 40.4 Å². The van der Waals surface area contributed by atoms with Gasteiger partial charge in [0, 0.05) is 11.4 Å². The first-order chi connectivity index (χ1) is 10.1. The Morgan fingerprint density at radius 2 is 2.14 bits per heavy atom. The van der Waals surface area contributed by atoms with Crippen molar-refractivity contribution in [1.82, 2.24) is 15.0 Å². The number of hydrogen-bond acceptors (Lipinski definition) is 6. The fraction of sp³-hybridized carbons (Fsp3) is 0.308. The maximum Gasteiger partial charge on any atom is 0.273 e. The summed E-state index contributed by atoms with van der Waals surface area (Å²) in [5.41, 5.74) is 6.11. The number of amides is 2. The molecule has 2 rings (SSSR count). The molecule has 2 aromatic rings. The van der Waals surface area contributed by atoms with Crippen LogP contribution in [0.15, 0.2) is 17.5 Å². The van der Waals surface area contributed by atoms with Gasteiger partial charge in [0.2, 0.25) is 0 Å². The van der Waals surface area contributed by atoms with Gasteiger partial charge in [-0.2, -0.15) is 4.37 Å². The van der Waals surface area contributed by atoms with Gasteiger partial charge in [-0.15, -0.1) is 11.3 Å². The lowest BCUT2D eigenvalue weighted by atomic mass is 10.2. The zero-order valence-electron chi connectivity index (χ0n) is 11.5. The zero-order chi connectivity index (χ0) is 15.2. The third-order valence-corrected chi connectivity index (χ3v) is 4.43. The smallest absolute Gasteiger partial charge is 0.273 e. The maximum atomic E-state index is 12.1. The minimum absolute atomic E-state index is 0.120. The van der Waals surface area contributed by atoms with E-state index in [2.05, 4.69) is 15.0 Å². The van der Waals surface area contributed by atoms with Crippen LogP contribution in [0.25, 0.3) is 0 Å². The van der Waals surface area contributed by atoms with Crippen molar-refractivity contribution in [2.75, 3.05) is 12.3 Å². The van der Waals surface area contributed by atoms with Crippen molar-refractivity contribution in [2.45, 2.75) is 19.9 Å². The normalized spacial score (nSPS) is 10.3. The van der Waals surface area contributed by atoms with Gasteiger partial charge in [-0.1, -0.05) is 13.0 Å². The van der Waals surface area contributed by atoms with E-state index in [0.717, 1.165) is 22.8 Å². The van der Waals surface area contributed by atoms with Crippen molar-refractivity contribution in [3.8, 4) is 0 Å². The molecule has 2 heterocycles. The number of aromatic nitrogens is 1. The fourth-order valence-electron chi connectivity index (χ4n) is 1.61. The van der Waals surface area contributed by atoms with Crippen LogP contribution in [0.2, 0.25) is 0 Å². The van der Waals surface area contributed by atoms with E-state index in [4.69, 9.17) is 5.73 Å². The van der Waals surface area contributed by atoms with Gasteiger partial charge in [-0.05, 0) is 29.4 Å². The van der Waals surface area contributed by atoms with Gasteiger partial charge in [0.05, 0.1) is 12.2 Å². The topological polar surface area (TPSA) is 97.1 Å². The Labute approximate surface area is 130 Å². The number of thiophene rings is 1. The van der Waals surface area contributed by atoms with Gasteiger partial charge < -0.3 is 16.4 Å². The van der Waals surface area contributed by atoms with Crippen molar-refractivity contribution in [1.29, 1.82) is 0 Å². The lowest BCUT2D eigenvalue weighted by Crippen LogP contribution is -2.26. The number of nitrogens with zero attached hydrogens (tertiary/aromatic N) is 1. The molecule has 8 heteroatoms. The molecule has 0 aliphatic carbocycles. The maximum absolute atomic E-state index is 12.1. The molecule has 0 aliphatic rings. The summed E-state index contributed by atoms with van der Waals surface area (Å²) in [7, 11) is 0. The molecule has 0 aromatic carbocycles. The Hall–Kier alpha value is -1.93. The number of nitrogens with one attached hydrogen (secondary N) is 2. The van der Waals surface area contributed by atoms with Crippen molar-refractivity contribution in [2.24, 2.45) is 0 Å². The Morgan fingerprint density at radius 3 is 2.81 bits per heavy atom. The molecule has 2 aromatic heterocycles. The summed E-state index contributed by atoms with van der Waals surface area (Å²) in [6.45, 7) is 2.94. The molecule has 0 saturated carbocycles. The highest BCUT2D eigenvalue weighted by molar-refractivity contribution is 7.10. The van der Waals surface area contributed by atoms with Gasteiger partial charge >= 0.3 is 0 Å². The standard InChI is InChI=1S/C13H16N4O2S2/c1-2-5-15-12(18)10-9(14)11(21-17-10)13(19)16-7-8-4-3-6-20-8/h3-4,6H,2,5,7,14H2,1H3,(H,15,18)(H,16,19). The minimum atomic E-state index is -0.345. The number of carbonyl (C=O) groups excluding carboxylic acids is 2. The molecule has 2 amide bonds. The highest BCUT2D eigenvalue weighted by Crippen LogP contribution is 2.21. The predicted octanol–water partition coefficient (Wildman–Crippen LogP) is 1.86. The van der Waals surface area contributed by atoms with Crippen LogP contribution in [0.3, 0.4) is 0 Å². The first kappa shape index (κ1) is 15.5. The van der Waals surface area contributed by atoms with Crippen molar-refractivity contribution in [3.63, 3.8) is 0 Å². The van der Waals surface area contributed by atoms with E-state index in [1.54, 1.807) is 11.3 Å². The highest BCUT2D eigenvalue weighted by atomic mass is 32.1. The fourth-order valence-corrected chi connectivity index (χ4v) is 2.97. The van der Waals surface area contributed by atoms with Crippen LogP contribution in [0.1, 0.15) is 38.4 Å². The van der Waals surface area contributed by atoms with Crippen molar-refractivity contribution < 1.29 is 9.59 Å². The second-order valence-electron chi connectivity index (χ2n) is 4.29. The molecule has 0 saturated heterocycles. The van der Waals surface area contributed by atoms with Crippen LogP contribution >= 0.6 is 22.9 Å². The van der Waals surface area contributed by atoms with Gasteiger partial charge in [0.25, 0.3) is 11.8 Å². The summed E-state index contributed by atoms with van der Waals surface area (Å²) >= 11 is 2.50. The van der Waals surface area contributed by atoms with E-state index in [0.29, 0.717) is 13.1 Å². The molecule has 21 heavy (non-hydrogen) atoms. The Bertz CT molecular complexity index is 622. The summed E-state index contributed by atoms with van der Waals surface area (Å²) in [4.78, 5) is 25.2. The second-order valence-corrected chi connectivity index (χ2v) is 6.10. The van der Waals surface area contributed by atoms with E-state index in [-0.39, 0.29) is 28.1 Å². The first-order valence-electron chi connectivity index (χ1n) is 6.47. The van der Waals surface area contributed by atoms with Crippen LogP contribution in [0, 0.1) is 0 Å². The first-order valence-corrected chi connectivity index (χ1v) is 8.12. The third-order valence-electron chi connectivity index (χ3n) is 2.69. The van der Waals surface area contributed by atoms with Crippen LogP contribution in [0.5, 0.6) is 0 Å². The average molecular weight is 324 g/mol. The van der Waals surface area contributed by atoms with Crippen LogP contribution in [-0.4, -0.2) is 22.7 Å². The summed E-state index contributed by atoms with van der Waals surface area (Å²) in [6, 6.07) is 3.86. The number of hydrogen-bond donors (Lipinski definition) is 3. The monoisotopic (exact) mass is 324 g/mol. The number of nitrogen functional groups attached to an aromatic ring is 1. The van der Waals surface area contributed by atoms with E-state index in [9.17, 15) is 9.59 Å². The lowest BCUT2D eigenvalue weighted by molar-refractivity contribution is 0.0949. The third kappa shape index (κ3) is 3.79. The SMILES string of the molecule is CCCNC(=O)c1nsc(C(=O)NCc2cccs2)c1N. The Morgan fingerprint density at radius 1 is 1.33 bits per heavy atom. The highest BCUT2D eigenvalue weighted by Gasteiger charge is 2.21. The van der Waals surface area contributed by atoms with Crippen LogP contribution < -0.4 is 16.4 Å². The molecule has 4 N–H and O–H groups in total. The summed E-state index contributed by atoms with van der Waals surface area (Å²) in [5.74, 6) is -0.657. The lowest BCUT2D eigenvalue weighted by Gasteiger charge is -2.03. The number of rotatable bonds is 6. The van der Waals surface area contributed by atoms with E-state index in [1.165, 1.54) is 0 Å². The molecule has 0 atom stereocenters. The molecule has 0 spiro atoms. The Kier molecular flexibility index (Phi) is 5.29. The van der Waals surface area contributed by atoms with Gasteiger partial charge in [0.15, 0.2) is 5.69 Å². The van der Waals surface area contributed by atoms with Crippen molar-refractivity contribution in [3.05, 3.63) is 33.0 Å². The average Bonchev–Trinajstić information content (AvgIpc) is 3.11. The molecule has 0 bridgehead atoms. The summed E-state index contributed by atoms with van der Waals surface area (Å²) < 4.78 is 3.98. The largest absolute Gasteiger partial charge is 0.395 e. The quantitative estimate of drug-likeness (QED) is 0.755. The molecule has 6 nitrogen and oxygen atoms in total. The number of anilines is 1. The molecule has 0 unspecified atom stereocenters. The molecular formula is C13H16N4O2S2. The van der Waals surface area contributed by atoms with E-state index >= 15 is 0 Å². The van der Waals surface area contributed by atoms with Gasteiger partial charge in [-0.3, -0.25) is 9.59 Å². The number of carbonyl (C=O) groups is 2. The molecule has 0 aliphatic heterocycles. The zero-order valence-corrected chi connectivity index (χ0v) is 13.1. The molecule has 0 fully saturated rings. The predicted molar refractivity (Wildman–Crippen MR) is 84.6 cm³/mol. The minimum Gasteiger partial charge on any atom is -0.395 e. The number of nitrogens with two attached hydrogens (primary N) is 1. The Balaban J connectivity index is 2.01. The molecule has 112 valence electrons. The summed E-state index contributed by atoms with van der Waals surface area (Å²) in [6.07, 6.45) is 0.823. The van der Waals surface area contributed by atoms with Crippen LogP contribution in [0.4, 0.5) is 5.69 Å².